The van der Waals surface area contributed by atoms with Gasteiger partial charge in [0.2, 0.25) is 0 Å². The van der Waals surface area contributed by atoms with E-state index in [0.717, 1.165) is 26.7 Å². The predicted molar refractivity (Wildman–Crippen MR) is 41.6 cm³/mol. The van der Waals surface area contributed by atoms with Crippen LogP contribution in [0.25, 0.3) is 0 Å². The van der Waals surface area contributed by atoms with Gasteiger partial charge in [-0.25, -0.2) is 0 Å². The smallest absolute Gasteiger partial charge is 0.451 e. The molecule has 0 atom stereocenters. The summed E-state index contributed by atoms with van der Waals surface area (Å²) < 4.78 is 0. The van der Waals surface area contributed by atoms with Crippen LogP contribution in [-0.4, -0.2) is 29.7 Å². The molecule has 0 amide bonds. The van der Waals surface area contributed by atoms with E-state index in [1.54, 1.807) is 0 Å². The van der Waals surface area contributed by atoms with Crippen molar-refractivity contribution < 1.29 is 15.1 Å². The summed E-state index contributed by atoms with van der Waals surface area (Å²) in [6.45, 7) is 0. The molecule has 57 valence electrons. The first-order valence-electron chi connectivity index (χ1n) is 3.59. The van der Waals surface area contributed by atoms with Crippen molar-refractivity contribution in [3.8, 4) is 0 Å². The summed E-state index contributed by atoms with van der Waals surface area (Å²) in [5.74, 6) is 0. The zero-order chi connectivity index (χ0) is 7.82. The summed E-state index contributed by atoms with van der Waals surface area (Å²) in [6, 6.07) is 0. The second-order valence-corrected chi connectivity index (χ2v) is 2.30. The van der Waals surface area contributed by atoms with Crippen LogP contribution in [0.2, 0.25) is 12.6 Å². The summed E-state index contributed by atoms with van der Waals surface area (Å²) in [7, 11) is -0.0341. The lowest BCUT2D eigenvalue weighted by atomic mass is 9.82. The van der Waals surface area contributed by atoms with Crippen molar-refractivity contribution in [2.75, 3.05) is 0 Å². The summed E-state index contributed by atoms with van der Waals surface area (Å²) in [5.41, 5.74) is 0. The van der Waals surface area contributed by atoms with E-state index < -0.39 is 7.12 Å². The monoisotopic (exact) mass is 143 g/mol. The van der Waals surface area contributed by atoms with Crippen molar-refractivity contribution in [3.63, 3.8) is 0 Å². The van der Waals surface area contributed by atoms with Crippen molar-refractivity contribution >= 4 is 14.6 Å². The number of hydrogen-bond acceptors (Lipinski definition) is 3. The fraction of sp³-hybridized carbons (Fsp3) is 1.00. The Hall–Kier alpha value is 0.00987. The van der Waals surface area contributed by atoms with Gasteiger partial charge in [0.15, 0.2) is 0 Å². The third-order valence-electron chi connectivity index (χ3n) is 1.30. The standard InChI is InChI=1S/C5H13B2O3/c8-6-4-2-1-3-5-7(9)10/h8-10H,1-5H2. The maximum Gasteiger partial charge on any atom is 0.451 e. The van der Waals surface area contributed by atoms with Crippen LogP contribution in [0.1, 0.15) is 19.3 Å². The average molecular weight is 143 g/mol. The lowest BCUT2D eigenvalue weighted by molar-refractivity contribution is 0.402. The molecule has 0 saturated carbocycles. The van der Waals surface area contributed by atoms with E-state index in [2.05, 4.69) is 0 Å². The molecule has 1 radical (unpaired) electrons. The van der Waals surface area contributed by atoms with E-state index in [1.165, 1.54) is 0 Å². The second-order valence-electron chi connectivity index (χ2n) is 2.30. The van der Waals surface area contributed by atoms with Gasteiger partial charge in [-0.3, -0.25) is 0 Å². The molecule has 0 aliphatic rings. The van der Waals surface area contributed by atoms with Crippen LogP contribution >= 0.6 is 0 Å². The largest absolute Gasteiger partial charge is 0.454 e. The minimum Gasteiger partial charge on any atom is -0.454 e. The van der Waals surface area contributed by atoms with Gasteiger partial charge in [0.1, 0.15) is 0 Å². The Balaban J connectivity index is 2.77. The molecule has 0 spiro atoms. The molecule has 0 aromatic carbocycles. The zero-order valence-corrected chi connectivity index (χ0v) is 6.03. The van der Waals surface area contributed by atoms with Crippen LogP contribution in [0, 0.1) is 0 Å². The summed E-state index contributed by atoms with van der Waals surface area (Å²) in [6.07, 6.45) is 3.80. The fourth-order valence-corrected chi connectivity index (χ4v) is 0.739. The van der Waals surface area contributed by atoms with Gasteiger partial charge in [-0.05, 0) is 6.32 Å². The molecule has 3 N–H and O–H groups in total. The van der Waals surface area contributed by atoms with Crippen LogP contribution in [0.4, 0.5) is 0 Å². The molecular formula is C5H13B2O3. The molecule has 0 bridgehead atoms. The highest BCUT2D eigenvalue weighted by atomic mass is 16.4. The Kier molecular flexibility index (Phi) is 7.13. The number of hydrogen-bond donors (Lipinski definition) is 3. The van der Waals surface area contributed by atoms with E-state index in [0.29, 0.717) is 12.6 Å². The first kappa shape index (κ1) is 10.0. The van der Waals surface area contributed by atoms with E-state index in [9.17, 15) is 0 Å². The molecular weight excluding hydrogens is 130 g/mol. The van der Waals surface area contributed by atoms with Crippen molar-refractivity contribution in [2.24, 2.45) is 0 Å². The summed E-state index contributed by atoms with van der Waals surface area (Å²) >= 11 is 0. The third kappa shape index (κ3) is 8.01. The van der Waals surface area contributed by atoms with Crippen LogP contribution in [-0.2, 0) is 0 Å². The molecule has 0 rings (SSSR count). The molecule has 0 saturated heterocycles. The van der Waals surface area contributed by atoms with Crippen molar-refractivity contribution in [1.82, 2.24) is 0 Å². The first-order chi connectivity index (χ1) is 4.77. The second kappa shape index (κ2) is 7.12. The highest BCUT2D eigenvalue weighted by Crippen LogP contribution is 2.03. The maximum atomic E-state index is 8.41. The molecule has 0 aliphatic carbocycles. The Morgan fingerprint density at radius 3 is 2.30 bits per heavy atom. The van der Waals surface area contributed by atoms with Crippen molar-refractivity contribution in [3.05, 3.63) is 0 Å². The van der Waals surface area contributed by atoms with Gasteiger partial charge in [0.05, 0.1) is 0 Å². The molecule has 0 aliphatic heterocycles. The lowest BCUT2D eigenvalue weighted by Gasteiger charge is -1.97. The Bertz CT molecular complexity index is 69.9. The van der Waals surface area contributed by atoms with Crippen LogP contribution in [0.3, 0.4) is 0 Å². The topological polar surface area (TPSA) is 60.7 Å². The van der Waals surface area contributed by atoms with Gasteiger partial charge < -0.3 is 15.1 Å². The quantitative estimate of drug-likeness (QED) is 0.352. The number of unbranched alkanes of at least 4 members (excludes halogenated alkanes) is 2. The molecule has 5 heteroatoms. The van der Waals surface area contributed by atoms with Crippen molar-refractivity contribution in [1.29, 1.82) is 0 Å². The van der Waals surface area contributed by atoms with Gasteiger partial charge in [-0.2, -0.15) is 0 Å². The van der Waals surface area contributed by atoms with Crippen LogP contribution in [0.5, 0.6) is 0 Å². The Morgan fingerprint density at radius 1 is 1.10 bits per heavy atom. The van der Waals surface area contributed by atoms with Crippen molar-refractivity contribution in [2.45, 2.75) is 31.9 Å². The molecule has 10 heavy (non-hydrogen) atoms. The minimum atomic E-state index is -1.17. The third-order valence-corrected chi connectivity index (χ3v) is 1.30. The van der Waals surface area contributed by atoms with Gasteiger partial charge in [0, 0.05) is 0 Å². The highest BCUT2D eigenvalue weighted by molar-refractivity contribution is 6.40. The van der Waals surface area contributed by atoms with E-state index in [1.807, 2.05) is 0 Å². The van der Waals surface area contributed by atoms with Crippen LogP contribution < -0.4 is 0 Å². The predicted octanol–water partition coefficient (Wildman–Crippen LogP) is -0.341. The molecule has 0 unspecified atom stereocenters. The number of rotatable bonds is 6. The fourth-order valence-electron chi connectivity index (χ4n) is 0.739. The zero-order valence-electron chi connectivity index (χ0n) is 6.03. The molecule has 0 aromatic heterocycles. The molecule has 0 fully saturated rings. The minimum absolute atomic E-state index is 0.436. The Labute approximate surface area is 62.5 Å². The van der Waals surface area contributed by atoms with Gasteiger partial charge >= 0.3 is 7.12 Å². The first-order valence-corrected chi connectivity index (χ1v) is 3.59. The SMILES string of the molecule is O[B]CCCCCB(O)O. The van der Waals surface area contributed by atoms with Crippen LogP contribution in [0.15, 0.2) is 0 Å². The summed E-state index contributed by atoms with van der Waals surface area (Å²) in [5, 5.41) is 25.1. The summed E-state index contributed by atoms with van der Waals surface area (Å²) in [4.78, 5) is 0. The molecule has 0 heterocycles. The van der Waals surface area contributed by atoms with Gasteiger partial charge in [-0.1, -0.05) is 25.6 Å². The Morgan fingerprint density at radius 2 is 1.80 bits per heavy atom. The normalized spacial score (nSPS) is 9.50. The molecule has 0 aromatic rings. The lowest BCUT2D eigenvalue weighted by Crippen LogP contribution is -2.09. The van der Waals surface area contributed by atoms with Gasteiger partial charge in [-0.15, -0.1) is 0 Å². The van der Waals surface area contributed by atoms with E-state index in [-0.39, 0.29) is 0 Å². The average Bonchev–Trinajstić information content (AvgIpc) is 1.87. The molecule has 3 nitrogen and oxygen atoms in total. The maximum absolute atomic E-state index is 8.41. The highest BCUT2D eigenvalue weighted by Gasteiger charge is 2.04. The van der Waals surface area contributed by atoms with E-state index in [4.69, 9.17) is 15.1 Å². The van der Waals surface area contributed by atoms with E-state index >= 15 is 0 Å². The van der Waals surface area contributed by atoms with Gasteiger partial charge in [0.25, 0.3) is 7.48 Å².